The average Bonchev–Trinajstić information content (AvgIpc) is 2.86. The molecule has 0 bridgehead atoms. The number of carboxylic acid groups (broad SMARTS) is 1. The van der Waals surface area contributed by atoms with Crippen molar-refractivity contribution in [1.29, 1.82) is 0 Å². The van der Waals surface area contributed by atoms with Gasteiger partial charge in [0.05, 0.1) is 10.8 Å². The minimum absolute atomic E-state index is 0.0449. The van der Waals surface area contributed by atoms with E-state index in [-0.39, 0.29) is 11.8 Å². The Kier molecular flexibility index (Phi) is 4.01. The number of hydrogen-bond donors (Lipinski definition) is 1. The second kappa shape index (κ2) is 5.52. The summed E-state index contributed by atoms with van der Waals surface area (Å²) in [7, 11) is 0. The fourth-order valence-corrected chi connectivity index (χ4v) is 3.08. The molecule has 98 valence electrons. The fourth-order valence-electron chi connectivity index (χ4n) is 2.17. The number of aryl methyl sites for hydroxylation is 1. The van der Waals surface area contributed by atoms with Gasteiger partial charge in [-0.2, -0.15) is 0 Å². The van der Waals surface area contributed by atoms with Gasteiger partial charge >= 0.3 is 5.97 Å². The van der Waals surface area contributed by atoms with Gasteiger partial charge in [0.1, 0.15) is 0 Å². The fraction of sp³-hybridized carbons (Fsp3) is 0.538. The molecule has 18 heavy (non-hydrogen) atoms. The molecule has 1 aliphatic heterocycles. The third-order valence-corrected chi connectivity index (χ3v) is 4.57. The van der Waals surface area contributed by atoms with Gasteiger partial charge in [0.15, 0.2) is 0 Å². The first-order valence-corrected chi connectivity index (χ1v) is 7.04. The Bertz CT molecular complexity index is 447. The summed E-state index contributed by atoms with van der Waals surface area (Å²) in [4.78, 5) is 26.8. The summed E-state index contributed by atoms with van der Waals surface area (Å²) in [5.74, 6) is -0.987. The third-order valence-electron chi connectivity index (χ3n) is 3.35. The zero-order valence-corrected chi connectivity index (χ0v) is 11.2. The van der Waals surface area contributed by atoms with Crippen LogP contribution in [0, 0.1) is 5.92 Å². The summed E-state index contributed by atoms with van der Waals surface area (Å²) in [5.41, 5.74) is 0. The number of carboxylic acids is 1. The molecule has 0 aromatic carbocycles. The summed E-state index contributed by atoms with van der Waals surface area (Å²) in [5, 5.41) is 8.91. The number of hydrogen-bond acceptors (Lipinski definition) is 3. The number of carbonyl (C=O) groups is 2. The molecule has 2 heterocycles. The Balaban J connectivity index is 1.97. The molecule has 1 aliphatic rings. The van der Waals surface area contributed by atoms with Gasteiger partial charge < -0.3 is 10.0 Å². The minimum atomic E-state index is -0.744. The number of piperidine rings is 1. The van der Waals surface area contributed by atoms with Crippen LogP contribution in [-0.2, 0) is 11.2 Å². The largest absolute Gasteiger partial charge is 0.481 e. The van der Waals surface area contributed by atoms with Crippen LogP contribution in [0.2, 0.25) is 0 Å². The zero-order chi connectivity index (χ0) is 13.1. The molecular weight excluding hydrogens is 250 g/mol. The van der Waals surface area contributed by atoms with Crippen molar-refractivity contribution in [2.24, 2.45) is 5.92 Å². The SMILES string of the molecule is CCc1ccc(C(=O)N2CCC(C(=O)O)CC2)s1. The molecule has 0 aliphatic carbocycles. The van der Waals surface area contributed by atoms with E-state index >= 15 is 0 Å². The van der Waals surface area contributed by atoms with Crippen molar-refractivity contribution in [3.05, 3.63) is 21.9 Å². The molecule has 1 fully saturated rings. The van der Waals surface area contributed by atoms with E-state index in [1.807, 2.05) is 12.1 Å². The maximum atomic E-state index is 12.2. The average molecular weight is 267 g/mol. The molecule has 1 saturated heterocycles. The highest BCUT2D eigenvalue weighted by atomic mass is 32.1. The Hall–Kier alpha value is -1.36. The molecule has 0 saturated carbocycles. The number of thiophene rings is 1. The molecule has 1 aromatic rings. The van der Waals surface area contributed by atoms with Gasteiger partial charge in [-0.3, -0.25) is 9.59 Å². The van der Waals surface area contributed by atoms with Crippen LogP contribution in [0.15, 0.2) is 12.1 Å². The molecule has 0 unspecified atom stereocenters. The molecule has 0 spiro atoms. The Labute approximate surface area is 110 Å². The molecule has 0 radical (unpaired) electrons. The number of nitrogens with zero attached hydrogens (tertiary/aromatic N) is 1. The van der Waals surface area contributed by atoms with E-state index in [4.69, 9.17) is 5.11 Å². The van der Waals surface area contributed by atoms with Crippen LogP contribution in [-0.4, -0.2) is 35.0 Å². The number of carbonyl (C=O) groups excluding carboxylic acids is 1. The van der Waals surface area contributed by atoms with Crippen molar-refractivity contribution >= 4 is 23.2 Å². The number of amides is 1. The first-order valence-electron chi connectivity index (χ1n) is 6.22. The predicted molar refractivity (Wildman–Crippen MR) is 70.0 cm³/mol. The predicted octanol–water partition coefficient (Wildman–Crippen LogP) is 2.25. The van der Waals surface area contributed by atoms with Crippen LogP contribution in [0.1, 0.15) is 34.3 Å². The molecular formula is C13H17NO3S. The summed E-state index contributed by atoms with van der Waals surface area (Å²) >= 11 is 1.53. The van der Waals surface area contributed by atoms with Crippen molar-refractivity contribution < 1.29 is 14.7 Å². The Morgan fingerprint density at radius 2 is 2.06 bits per heavy atom. The normalized spacial score (nSPS) is 16.8. The quantitative estimate of drug-likeness (QED) is 0.913. The van der Waals surface area contributed by atoms with E-state index in [1.54, 1.807) is 4.90 Å². The maximum absolute atomic E-state index is 12.2. The molecule has 1 N–H and O–H groups in total. The second-order valence-corrected chi connectivity index (χ2v) is 5.69. The lowest BCUT2D eigenvalue weighted by Gasteiger charge is -2.29. The van der Waals surface area contributed by atoms with Crippen molar-refractivity contribution in [2.75, 3.05) is 13.1 Å². The highest BCUT2D eigenvalue weighted by Gasteiger charge is 2.27. The molecule has 5 heteroatoms. The lowest BCUT2D eigenvalue weighted by atomic mass is 9.97. The van der Waals surface area contributed by atoms with Crippen LogP contribution in [0.4, 0.5) is 0 Å². The molecule has 1 aromatic heterocycles. The molecule has 1 amide bonds. The van der Waals surface area contributed by atoms with Gasteiger partial charge in [-0.25, -0.2) is 0 Å². The summed E-state index contributed by atoms with van der Waals surface area (Å²) in [6.07, 6.45) is 2.07. The minimum Gasteiger partial charge on any atom is -0.481 e. The van der Waals surface area contributed by atoms with E-state index in [1.165, 1.54) is 16.2 Å². The van der Waals surface area contributed by atoms with Crippen LogP contribution >= 0.6 is 11.3 Å². The van der Waals surface area contributed by atoms with E-state index in [0.717, 1.165) is 11.3 Å². The van der Waals surface area contributed by atoms with Gasteiger partial charge in [-0.1, -0.05) is 6.92 Å². The van der Waals surface area contributed by atoms with Gasteiger partial charge in [0.25, 0.3) is 5.91 Å². The molecule has 4 nitrogen and oxygen atoms in total. The van der Waals surface area contributed by atoms with Gasteiger partial charge in [-0.05, 0) is 31.4 Å². The van der Waals surface area contributed by atoms with Crippen molar-refractivity contribution in [3.8, 4) is 0 Å². The van der Waals surface area contributed by atoms with E-state index in [0.29, 0.717) is 25.9 Å². The number of rotatable bonds is 3. The zero-order valence-electron chi connectivity index (χ0n) is 10.4. The van der Waals surface area contributed by atoms with E-state index in [2.05, 4.69) is 6.92 Å². The van der Waals surface area contributed by atoms with Crippen LogP contribution in [0.3, 0.4) is 0 Å². The highest BCUT2D eigenvalue weighted by Crippen LogP contribution is 2.23. The summed E-state index contributed by atoms with van der Waals surface area (Å²) < 4.78 is 0. The van der Waals surface area contributed by atoms with Gasteiger partial charge in [-0.15, -0.1) is 11.3 Å². The van der Waals surface area contributed by atoms with Crippen molar-refractivity contribution in [2.45, 2.75) is 26.2 Å². The summed E-state index contributed by atoms with van der Waals surface area (Å²) in [6.45, 7) is 3.17. The van der Waals surface area contributed by atoms with Crippen molar-refractivity contribution in [1.82, 2.24) is 4.90 Å². The third kappa shape index (κ3) is 2.72. The van der Waals surface area contributed by atoms with Gasteiger partial charge in [0, 0.05) is 18.0 Å². The van der Waals surface area contributed by atoms with E-state index in [9.17, 15) is 9.59 Å². The monoisotopic (exact) mass is 267 g/mol. The van der Waals surface area contributed by atoms with Crippen LogP contribution in [0.25, 0.3) is 0 Å². The smallest absolute Gasteiger partial charge is 0.306 e. The Morgan fingerprint density at radius 3 is 2.56 bits per heavy atom. The van der Waals surface area contributed by atoms with Gasteiger partial charge in [0.2, 0.25) is 0 Å². The first kappa shape index (κ1) is 13.1. The summed E-state index contributed by atoms with van der Waals surface area (Å²) in [6, 6.07) is 3.86. The first-order chi connectivity index (χ1) is 8.61. The standard InChI is InChI=1S/C13H17NO3S/c1-2-10-3-4-11(18-10)12(15)14-7-5-9(6-8-14)13(16)17/h3-4,9H,2,5-8H2,1H3,(H,16,17). The number of aliphatic carboxylic acids is 1. The molecule has 2 rings (SSSR count). The molecule has 0 atom stereocenters. The number of likely N-dealkylation sites (tertiary alicyclic amines) is 1. The van der Waals surface area contributed by atoms with Crippen LogP contribution < -0.4 is 0 Å². The topological polar surface area (TPSA) is 57.6 Å². The maximum Gasteiger partial charge on any atom is 0.306 e. The van der Waals surface area contributed by atoms with E-state index < -0.39 is 5.97 Å². The second-order valence-electron chi connectivity index (χ2n) is 4.52. The Morgan fingerprint density at radius 1 is 1.39 bits per heavy atom. The lowest BCUT2D eigenvalue weighted by molar-refractivity contribution is -0.143. The highest BCUT2D eigenvalue weighted by molar-refractivity contribution is 7.14. The van der Waals surface area contributed by atoms with Crippen LogP contribution in [0.5, 0.6) is 0 Å². The van der Waals surface area contributed by atoms with Crippen molar-refractivity contribution in [3.63, 3.8) is 0 Å². The lowest BCUT2D eigenvalue weighted by Crippen LogP contribution is -2.39.